The van der Waals surface area contributed by atoms with Crippen molar-refractivity contribution in [2.45, 2.75) is 51.9 Å². The topological polar surface area (TPSA) is 72.1 Å². The third-order valence-electron chi connectivity index (χ3n) is 4.03. The molecule has 0 saturated heterocycles. The number of nitrogens with zero attached hydrogens (tertiary/aromatic N) is 5. The smallest absolute Gasteiger partial charge is 0.191 e. The van der Waals surface area contributed by atoms with Gasteiger partial charge >= 0.3 is 0 Å². The molecular formula is C19H34IN7S. The van der Waals surface area contributed by atoms with Crippen molar-refractivity contribution < 1.29 is 0 Å². The SMILES string of the molecule is CCNC(=NCCCc1nnc(SC)n1CC(C)C)NCCn1cccc1.I. The Labute approximate surface area is 190 Å². The normalized spacial score (nSPS) is 11.5. The molecule has 0 aliphatic heterocycles. The average Bonchev–Trinajstić information content (AvgIpc) is 3.28. The number of hydrogen-bond acceptors (Lipinski definition) is 4. The van der Waals surface area contributed by atoms with Gasteiger partial charge in [-0.25, -0.2) is 0 Å². The van der Waals surface area contributed by atoms with Crippen LogP contribution in [0.3, 0.4) is 0 Å². The van der Waals surface area contributed by atoms with Crippen molar-refractivity contribution in [2.75, 3.05) is 25.9 Å². The van der Waals surface area contributed by atoms with Gasteiger partial charge in [0.1, 0.15) is 5.82 Å². The fourth-order valence-corrected chi connectivity index (χ4v) is 3.32. The number of guanidine groups is 1. The van der Waals surface area contributed by atoms with Gasteiger partial charge in [-0.3, -0.25) is 4.99 Å². The highest BCUT2D eigenvalue weighted by Gasteiger charge is 2.12. The van der Waals surface area contributed by atoms with Gasteiger partial charge in [-0.2, -0.15) is 0 Å². The molecule has 7 nitrogen and oxygen atoms in total. The zero-order valence-corrected chi connectivity index (χ0v) is 20.5. The molecule has 0 radical (unpaired) electrons. The highest BCUT2D eigenvalue weighted by atomic mass is 127. The first-order valence-corrected chi connectivity index (χ1v) is 11.0. The summed E-state index contributed by atoms with van der Waals surface area (Å²) in [5.41, 5.74) is 0. The molecule has 2 N–H and O–H groups in total. The zero-order valence-electron chi connectivity index (χ0n) is 17.4. The Morgan fingerprint density at radius 1 is 1.21 bits per heavy atom. The number of aliphatic imine (C=N–C) groups is 1. The fraction of sp³-hybridized carbons (Fsp3) is 0.632. The van der Waals surface area contributed by atoms with Crippen LogP contribution in [0.5, 0.6) is 0 Å². The lowest BCUT2D eigenvalue weighted by Gasteiger charge is -2.12. The van der Waals surface area contributed by atoms with Gasteiger partial charge in [-0.1, -0.05) is 25.6 Å². The van der Waals surface area contributed by atoms with Crippen LogP contribution in [0, 0.1) is 5.92 Å². The number of hydrogen-bond donors (Lipinski definition) is 2. The van der Waals surface area contributed by atoms with E-state index in [1.807, 2.05) is 12.1 Å². The van der Waals surface area contributed by atoms with Crippen LogP contribution in [0.2, 0.25) is 0 Å². The summed E-state index contributed by atoms with van der Waals surface area (Å²) in [5, 5.41) is 16.4. The lowest BCUT2D eigenvalue weighted by atomic mass is 10.2. The number of aryl methyl sites for hydroxylation is 1. The van der Waals surface area contributed by atoms with Gasteiger partial charge in [-0.05, 0) is 37.7 Å². The molecule has 2 aromatic heterocycles. The molecule has 0 aliphatic carbocycles. The molecule has 0 atom stereocenters. The standard InChI is InChI=1S/C19H33N7S.HI/c1-5-20-18(22-11-14-25-12-6-7-13-25)21-10-8-9-17-23-24-19(27-4)26(17)15-16(2)3;/h6-7,12-13,16H,5,8-11,14-15H2,1-4H3,(H2,20,21,22);1H. The van der Waals surface area contributed by atoms with Crippen LogP contribution in [-0.2, 0) is 19.5 Å². The van der Waals surface area contributed by atoms with Gasteiger partial charge in [0.25, 0.3) is 0 Å². The van der Waals surface area contributed by atoms with E-state index in [2.05, 4.69) is 74.4 Å². The van der Waals surface area contributed by atoms with E-state index < -0.39 is 0 Å². The number of thioether (sulfide) groups is 1. The minimum atomic E-state index is 0. The van der Waals surface area contributed by atoms with Gasteiger partial charge in [-0.15, -0.1) is 34.2 Å². The van der Waals surface area contributed by atoms with Gasteiger partial charge in [0.15, 0.2) is 11.1 Å². The highest BCUT2D eigenvalue weighted by molar-refractivity contribution is 14.0. The molecule has 158 valence electrons. The molecule has 28 heavy (non-hydrogen) atoms. The molecule has 0 amide bonds. The molecule has 9 heteroatoms. The first kappa shape index (κ1) is 24.8. The number of aromatic nitrogens is 4. The van der Waals surface area contributed by atoms with Crippen LogP contribution in [-0.4, -0.2) is 51.2 Å². The van der Waals surface area contributed by atoms with Crippen molar-refractivity contribution in [3.8, 4) is 0 Å². The zero-order chi connectivity index (χ0) is 19.5. The molecule has 0 fully saturated rings. The van der Waals surface area contributed by atoms with Crippen LogP contribution >= 0.6 is 35.7 Å². The predicted octanol–water partition coefficient (Wildman–Crippen LogP) is 3.26. The maximum Gasteiger partial charge on any atom is 0.191 e. The largest absolute Gasteiger partial charge is 0.357 e. The second-order valence-electron chi connectivity index (χ2n) is 6.82. The fourth-order valence-electron chi connectivity index (χ4n) is 2.80. The number of rotatable bonds is 11. The van der Waals surface area contributed by atoms with Crippen molar-refractivity contribution in [3.63, 3.8) is 0 Å². The lowest BCUT2D eigenvalue weighted by Crippen LogP contribution is -2.38. The molecule has 2 rings (SSSR count). The van der Waals surface area contributed by atoms with Gasteiger partial charge < -0.3 is 19.8 Å². The summed E-state index contributed by atoms with van der Waals surface area (Å²) in [6.45, 7) is 10.9. The van der Waals surface area contributed by atoms with Crippen LogP contribution in [0.1, 0.15) is 33.0 Å². The molecule has 0 spiro atoms. The second kappa shape index (κ2) is 13.9. The van der Waals surface area contributed by atoms with E-state index in [1.165, 1.54) is 0 Å². The first-order valence-electron chi connectivity index (χ1n) is 9.73. The summed E-state index contributed by atoms with van der Waals surface area (Å²) in [4.78, 5) is 4.69. The third kappa shape index (κ3) is 8.42. The maximum atomic E-state index is 4.69. The van der Waals surface area contributed by atoms with E-state index in [0.717, 1.165) is 62.5 Å². The van der Waals surface area contributed by atoms with Gasteiger partial charge in [0.2, 0.25) is 0 Å². The van der Waals surface area contributed by atoms with Crippen molar-refractivity contribution in [1.29, 1.82) is 0 Å². The Morgan fingerprint density at radius 2 is 1.96 bits per heavy atom. The Kier molecular flexibility index (Phi) is 12.3. The predicted molar refractivity (Wildman–Crippen MR) is 129 cm³/mol. The molecular weight excluding hydrogens is 485 g/mol. The minimum Gasteiger partial charge on any atom is -0.357 e. The van der Waals surface area contributed by atoms with E-state index in [1.54, 1.807) is 11.8 Å². The number of nitrogens with one attached hydrogen (secondary N) is 2. The molecule has 0 saturated carbocycles. The van der Waals surface area contributed by atoms with Gasteiger partial charge in [0, 0.05) is 51.5 Å². The lowest BCUT2D eigenvalue weighted by molar-refractivity contribution is 0.477. The Hall–Kier alpha value is -1.23. The summed E-state index contributed by atoms with van der Waals surface area (Å²) >= 11 is 1.66. The summed E-state index contributed by atoms with van der Waals surface area (Å²) in [6, 6.07) is 4.08. The molecule has 0 aliphatic rings. The highest BCUT2D eigenvalue weighted by Crippen LogP contribution is 2.16. The third-order valence-corrected chi connectivity index (χ3v) is 4.69. The van der Waals surface area contributed by atoms with Crippen LogP contribution < -0.4 is 10.6 Å². The summed E-state index contributed by atoms with van der Waals surface area (Å²) in [5.74, 6) is 2.51. The molecule has 2 heterocycles. The Bertz CT molecular complexity index is 683. The first-order chi connectivity index (χ1) is 13.1. The van der Waals surface area contributed by atoms with E-state index in [4.69, 9.17) is 0 Å². The van der Waals surface area contributed by atoms with Gasteiger partial charge in [0.05, 0.1) is 0 Å². The molecule has 2 aromatic rings. The van der Waals surface area contributed by atoms with Crippen molar-refractivity contribution >= 4 is 41.7 Å². The average molecular weight is 520 g/mol. The monoisotopic (exact) mass is 519 g/mol. The minimum absolute atomic E-state index is 0. The van der Waals surface area contributed by atoms with Crippen molar-refractivity contribution in [3.05, 3.63) is 30.4 Å². The molecule has 0 bridgehead atoms. The summed E-state index contributed by atoms with van der Waals surface area (Å²) in [7, 11) is 0. The second-order valence-corrected chi connectivity index (χ2v) is 7.59. The Morgan fingerprint density at radius 3 is 2.61 bits per heavy atom. The van der Waals surface area contributed by atoms with Crippen molar-refractivity contribution in [2.24, 2.45) is 10.9 Å². The van der Waals surface area contributed by atoms with Crippen LogP contribution in [0.15, 0.2) is 34.7 Å². The molecule has 0 aromatic carbocycles. The molecule has 0 unspecified atom stereocenters. The summed E-state index contributed by atoms with van der Waals surface area (Å²) in [6.07, 6.45) is 8.05. The number of halogens is 1. The van der Waals surface area contributed by atoms with E-state index >= 15 is 0 Å². The van der Waals surface area contributed by atoms with Crippen LogP contribution in [0.4, 0.5) is 0 Å². The van der Waals surface area contributed by atoms with Crippen molar-refractivity contribution in [1.82, 2.24) is 30.0 Å². The maximum absolute atomic E-state index is 4.69. The van der Waals surface area contributed by atoms with E-state index in [0.29, 0.717) is 5.92 Å². The quantitative estimate of drug-likeness (QED) is 0.157. The van der Waals surface area contributed by atoms with E-state index in [9.17, 15) is 0 Å². The van der Waals surface area contributed by atoms with Crippen LogP contribution in [0.25, 0.3) is 0 Å². The summed E-state index contributed by atoms with van der Waals surface area (Å²) < 4.78 is 4.40. The van der Waals surface area contributed by atoms with E-state index in [-0.39, 0.29) is 24.0 Å². The Balaban J connectivity index is 0.00000392.